The normalized spacial score (nSPS) is 12.7. The molecule has 0 radical (unpaired) electrons. The Kier molecular flexibility index (Phi) is 4.71. The molecule has 0 saturated heterocycles. The highest BCUT2D eigenvalue weighted by Crippen LogP contribution is 2.39. The molecule has 0 amide bonds. The molecular weight excluding hydrogens is 400 g/mol. The molecule has 7 nitrogen and oxygen atoms in total. The van der Waals surface area contributed by atoms with E-state index in [2.05, 4.69) is 21.4 Å². The van der Waals surface area contributed by atoms with E-state index in [1.165, 1.54) is 16.9 Å². The summed E-state index contributed by atoms with van der Waals surface area (Å²) in [5, 5.41) is 8.97. The Labute approximate surface area is 177 Å². The first-order valence-corrected chi connectivity index (χ1v) is 10.6. The molecule has 1 aliphatic heterocycles. The summed E-state index contributed by atoms with van der Waals surface area (Å²) in [5.41, 5.74) is 5.66. The number of nitrogens with zero attached hydrogens (tertiary/aromatic N) is 4. The fourth-order valence-corrected chi connectivity index (χ4v) is 4.68. The molecule has 2 aromatic carbocycles. The number of thiazole rings is 1. The van der Waals surface area contributed by atoms with Gasteiger partial charge in [-0.2, -0.15) is 0 Å². The Morgan fingerprint density at radius 2 is 2.20 bits per heavy atom. The highest BCUT2D eigenvalue weighted by atomic mass is 32.1. The van der Waals surface area contributed by atoms with Gasteiger partial charge in [0.2, 0.25) is 0 Å². The van der Waals surface area contributed by atoms with Gasteiger partial charge in [0.05, 0.1) is 29.8 Å². The fourth-order valence-electron chi connectivity index (χ4n) is 3.61. The van der Waals surface area contributed by atoms with Crippen LogP contribution in [0.5, 0.6) is 5.75 Å². The highest BCUT2D eigenvalue weighted by molar-refractivity contribution is 7.15. The van der Waals surface area contributed by atoms with Gasteiger partial charge >= 0.3 is 5.97 Å². The van der Waals surface area contributed by atoms with Crippen LogP contribution in [-0.2, 0) is 36.0 Å². The van der Waals surface area contributed by atoms with Crippen molar-refractivity contribution in [2.75, 3.05) is 6.61 Å². The SMILES string of the molecule is Cc1nc(-c2cccc3c2OCC3)sc1CC(=O)OCc1ccc2c(c1)nnn2C. The minimum Gasteiger partial charge on any atom is -0.492 e. The molecule has 0 aliphatic carbocycles. The summed E-state index contributed by atoms with van der Waals surface area (Å²) in [6.07, 6.45) is 1.12. The van der Waals surface area contributed by atoms with Crippen molar-refractivity contribution in [1.29, 1.82) is 0 Å². The third-order valence-corrected chi connectivity index (χ3v) is 6.41. The Hall–Kier alpha value is -3.26. The number of fused-ring (bicyclic) bond motifs is 2. The number of carbonyl (C=O) groups excluding carboxylic acids is 1. The average Bonchev–Trinajstić information content (AvgIpc) is 3.46. The molecule has 8 heteroatoms. The maximum Gasteiger partial charge on any atom is 0.311 e. The molecule has 0 saturated carbocycles. The van der Waals surface area contributed by atoms with Crippen molar-refractivity contribution in [3.8, 4) is 16.3 Å². The van der Waals surface area contributed by atoms with Crippen LogP contribution in [0.15, 0.2) is 36.4 Å². The topological polar surface area (TPSA) is 79.1 Å². The summed E-state index contributed by atoms with van der Waals surface area (Å²) >= 11 is 1.52. The van der Waals surface area contributed by atoms with Crippen molar-refractivity contribution < 1.29 is 14.3 Å². The predicted molar refractivity (Wildman–Crippen MR) is 113 cm³/mol. The first-order valence-electron chi connectivity index (χ1n) is 9.74. The number of carbonyl (C=O) groups is 1. The monoisotopic (exact) mass is 420 g/mol. The smallest absolute Gasteiger partial charge is 0.311 e. The molecule has 30 heavy (non-hydrogen) atoms. The number of benzene rings is 2. The van der Waals surface area contributed by atoms with Gasteiger partial charge in [-0.15, -0.1) is 16.4 Å². The van der Waals surface area contributed by atoms with Crippen LogP contribution in [-0.4, -0.2) is 32.6 Å². The van der Waals surface area contributed by atoms with Crippen molar-refractivity contribution in [1.82, 2.24) is 20.0 Å². The molecule has 5 rings (SSSR count). The zero-order chi connectivity index (χ0) is 20.7. The van der Waals surface area contributed by atoms with E-state index >= 15 is 0 Å². The molecule has 152 valence electrons. The van der Waals surface area contributed by atoms with Gasteiger partial charge in [0.15, 0.2) is 0 Å². The number of esters is 1. The summed E-state index contributed by atoms with van der Waals surface area (Å²) in [7, 11) is 1.84. The van der Waals surface area contributed by atoms with Gasteiger partial charge in [-0.3, -0.25) is 4.79 Å². The van der Waals surface area contributed by atoms with Crippen molar-refractivity contribution in [3.63, 3.8) is 0 Å². The van der Waals surface area contributed by atoms with Gasteiger partial charge in [0.25, 0.3) is 0 Å². The number of rotatable bonds is 5. The summed E-state index contributed by atoms with van der Waals surface area (Å²) in [6.45, 7) is 2.83. The van der Waals surface area contributed by atoms with E-state index in [-0.39, 0.29) is 19.0 Å². The number of aryl methyl sites for hydroxylation is 2. The summed E-state index contributed by atoms with van der Waals surface area (Å²) in [4.78, 5) is 18.0. The van der Waals surface area contributed by atoms with E-state index in [4.69, 9.17) is 9.47 Å². The van der Waals surface area contributed by atoms with Crippen LogP contribution in [0.25, 0.3) is 21.6 Å². The Morgan fingerprint density at radius 1 is 1.30 bits per heavy atom. The van der Waals surface area contributed by atoms with E-state index in [1.807, 2.05) is 44.3 Å². The van der Waals surface area contributed by atoms with Crippen LogP contribution < -0.4 is 4.74 Å². The highest BCUT2D eigenvalue weighted by Gasteiger charge is 2.21. The Morgan fingerprint density at radius 3 is 3.10 bits per heavy atom. The van der Waals surface area contributed by atoms with Gasteiger partial charge in [-0.25, -0.2) is 9.67 Å². The molecule has 0 fully saturated rings. The minimum atomic E-state index is -0.276. The van der Waals surface area contributed by atoms with Gasteiger partial charge < -0.3 is 9.47 Å². The second kappa shape index (κ2) is 7.53. The van der Waals surface area contributed by atoms with Crippen LogP contribution in [0.1, 0.15) is 21.7 Å². The van der Waals surface area contributed by atoms with E-state index in [9.17, 15) is 4.79 Å². The maximum absolute atomic E-state index is 12.4. The largest absolute Gasteiger partial charge is 0.492 e. The van der Waals surface area contributed by atoms with Gasteiger partial charge in [0.1, 0.15) is 22.9 Å². The van der Waals surface area contributed by atoms with Crippen molar-refractivity contribution in [3.05, 3.63) is 58.1 Å². The van der Waals surface area contributed by atoms with Crippen LogP contribution >= 0.6 is 11.3 Å². The second-order valence-corrected chi connectivity index (χ2v) is 8.38. The van der Waals surface area contributed by atoms with Crippen LogP contribution in [0, 0.1) is 6.92 Å². The molecule has 0 unspecified atom stereocenters. The Bertz CT molecular complexity index is 1260. The van der Waals surface area contributed by atoms with Gasteiger partial charge in [-0.05, 0) is 36.2 Å². The molecule has 0 atom stereocenters. The van der Waals surface area contributed by atoms with Gasteiger partial charge in [0, 0.05) is 18.3 Å². The standard InChI is InChI=1S/C22H20N4O3S/c1-13-19(30-22(23-13)16-5-3-4-15-8-9-28-21(15)16)11-20(27)29-12-14-6-7-18-17(10-14)24-25-26(18)2/h3-7,10H,8-9,11-12H2,1-2H3. The Balaban J connectivity index is 1.28. The third-order valence-electron chi connectivity index (χ3n) is 5.22. The first kappa shape index (κ1) is 18.7. The molecule has 0 bridgehead atoms. The molecule has 0 N–H and O–H groups in total. The van der Waals surface area contributed by atoms with Crippen LogP contribution in [0.3, 0.4) is 0 Å². The molecule has 0 spiro atoms. The molecule has 1 aliphatic rings. The van der Waals surface area contributed by atoms with Crippen LogP contribution in [0.4, 0.5) is 0 Å². The van der Waals surface area contributed by atoms with Gasteiger partial charge in [-0.1, -0.05) is 23.4 Å². The molecule has 3 heterocycles. The van der Waals surface area contributed by atoms with Crippen molar-refractivity contribution in [2.45, 2.75) is 26.4 Å². The number of ether oxygens (including phenoxy) is 2. The summed E-state index contributed by atoms with van der Waals surface area (Å²) in [6, 6.07) is 11.9. The number of hydrogen-bond donors (Lipinski definition) is 0. The summed E-state index contributed by atoms with van der Waals surface area (Å²) in [5.74, 6) is 0.641. The number of aromatic nitrogens is 4. The molecule has 4 aromatic rings. The summed E-state index contributed by atoms with van der Waals surface area (Å²) < 4.78 is 13.0. The predicted octanol–water partition coefficient (Wildman–Crippen LogP) is 3.62. The van der Waals surface area contributed by atoms with E-state index in [0.717, 1.165) is 49.9 Å². The lowest BCUT2D eigenvalue weighted by Crippen LogP contribution is -2.07. The minimum absolute atomic E-state index is 0.201. The number of para-hydroxylation sites is 1. The van der Waals surface area contributed by atoms with Crippen molar-refractivity contribution >= 4 is 28.3 Å². The van der Waals surface area contributed by atoms with Crippen LogP contribution in [0.2, 0.25) is 0 Å². The lowest BCUT2D eigenvalue weighted by molar-refractivity contribution is -0.144. The lowest BCUT2D eigenvalue weighted by atomic mass is 10.1. The number of hydrogen-bond acceptors (Lipinski definition) is 7. The van der Waals surface area contributed by atoms with E-state index < -0.39 is 0 Å². The molecule has 2 aromatic heterocycles. The zero-order valence-corrected chi connectivity index (χ0v) is 17.5. The average molecular weight is 420 g/mol. The van der Waals surface area contributed by atoms with Crippen molar-refractivity contribution in [2.24, 2.45) is 7.05 Å². The van der Waals surface area contributed by atoms with E-state index in [0.29, 0.717) is 6.61 Å². The fraction of sp³-hybridized carbons (Fsp3) is 0.273. The van der Waals surface area contributed by atoms with E-state index in [1.54, 1.807) is 4.68 Å². The molecular formula is C22H20N4O3S. The lowest BCUT2D eigenvalue weighted by Gasteiger charge is -2.05. The first-order chi connectivity index (χ1) is 14.6. The second-order valence-electron chi connectivity index (χ2n) is 7.29. The maximum atomic E-state index is 12.4. The quantitative estimate of drug-likeness (QED) is 0.459. The zero-order valence-electron chi connectivity index (χ0n) is 16.7. The third kappa shape index (κ3) is 3.43.